The monoisotopic (exact) mass is 708 g/mol. The SMILES string of the molecule is CC(CC[C@H]1COC(C(C)(Cc2ccccc2)C2=N[C@@H](c3ccccc3)CO2)=N1)(C1=N[C@@H](Cc2ccccc2)CO1)C1=N[C@@H](Cc2ccccc2)CO1. The van der Waals surface area contributed by atoms with Crippen molar-refractivity contribution < 1.29 is 18.9 Å². The third-order valence-electron chi connectivity index (χ3n) is 10.9. The van der Waals surface area contributed by atoms with Crippen molar-refractivity contribution in [3.05, 3.63) is 144 Å². The van der Waals surface area contributed by atoms with Gasteiger partial charge in [0.1, 0.15) is 43.3 Å². The number of rotatable bonds is 14. The minimum atomic E-state index is -0.657. The molecule has 0 aromatic heterocycles. The zero-order chi connectivity index (χ0) is 36.1. The van der Waals surface area contributed by atoms with Crippen LogP contribution in [-0.4, -0.2) is 68.1 Å². The van der Waals surface area contributed by atoms with E-state index in [9.17, 15) is 0 Å². The predicted molar refractivity (Wildman–Crippen MR) is 210 cm³/mol. The summed E-state index contributed by atoms with van der Waals surface area (Å²) >= 11 is 0. The lowest BCUT2D eigenvalue weighted by molar-refractivity contribution is 0.239. The molecule has 0 bridgehead atoms. The molecule has 8 rings (SSSR count). The van der Waals surface area contributed by atoms with E-state index < -0.39 is 10.8 Å². The zero-order valence-corrected chi connectivity index (χ0v) is 30.6. The molecule has 1 unspecified atom stereocenters. The van der Waals surface area contributed by atoms with Crippen LogP contribution in [-0.2, 0) is 38.2 Å². The zero-order valence-electron chi connectivity index (χ0n) is 30.6. The minimum absolute atomic E-state index is 0.0406. The molecular weight excluding hydrogens is 661 g/mol. The third-order valence-corrected chi connectivity index (χ3v) is 10.9. The standard InChI is InChI=1S/C45H48N4O4/c1-44(40-47-37(29-51-40)25-32-15-7-3-8-16-32,41-48-38(30-52-41)26-33-17-9-4-10-18-33)24-23-36-28-50-42(46-36)45(2,27-34-19-11-5-12-20-34)43-49-39(31-53-43)35-21-13-6-14-22-35/h3-22,36-39H,23-31H2,1-2H3/t36-,37-,38-,39+,45?/m0/s1. The molecule has 0 saturated carbocycles. The van der Waals surface area contributed by atoms with Crippen molar-refractivity contribution in [2.24, 2.45) is 30.8 Å². The third kappa shape index (κ3) is 7.78. The molecule has 4 aromatic carbocycles. The van der Waals surface area contributed by atoms with Crippen LogP contribution in [0.1, 0.15) is 55.0 Å². The van der Waals surface area contributed by atoms with E-state index in [4.69, 9.17) is 38.9 Å². The fourth-order valence-electron chi connectivity index (χ4n) is 7.81. The van der Waals surface area contributed by atoms with Crippen LogP contribution >= 0.6 is 0 Å². The first-order valence-electron chi connectivity index (χ1n) is 19.0. The number of ether oxygens (including phenoxy) is 4. The van der Waals surface area contributed by atoms with E-state index in [1.54, 1.807) is 0 Å². The Morgan fingerprint density at radius 3 is 1.43 bits per heavy atom. The fourth-order valence-corrected chi connectivity index (χ4v) is 7.81. The highest BCUT2D eigenvalue weighted by Crippen LogP contribution is 2.39. The molecule has 0 saturated heterocycles. The molecule has 5 atom stereocenters. The van der Waals surface area contributed by atoms with Gasteiger partial charge >= 0.3 is 0 Å². The molecule has 0 fully saturated rings. The van der Waals surface area contributed by atoms with Crippen LogP contribution in [0.4, 0.5) is 0 Å². The van der Waals surface area contributed by atoms with Gasteiger partial charge in [0.05, 0.1) is 18.1 Å². The number of hydrogen-bond acceptors (Lipinski definition) is 8. The van der Waals surface area contributed by atoms with Crippen molar-refractivity contribution in [2.45, 2.75) is 70.1 Å². The molecule has 0 N–H and O–H groups in total. The van der Waals surface area contributed by atoms with Crippen LogP contribution in [0.2, 0.25) is 0 Å². The Morgan fingerprint density at radius 1 is 0.472 bits per heavy atom. The van der Waals surface area contributed by atoms with Gasteiger partial charge in [0.2, 0.25) is 0 Å². The summed E-state index contributed by atoms with van der Waals surface area (Å²) in [6.45, 7) is 6.39. The van der Waals surface area contributed by atoms with Crippen LogP contribution in [0.5, 0.6) is 0 Å². The normalized spacial score (nSPS) is 23.4. The molecule has 4 heterocycles. The Kier molecular flexibility index (Phi) is 10.1. The summed E-state index contributed by atoms with van der Waals surface area (Å²) in [5, 5.41) is 0. The summed E-state index contributed by atoms with van der Waals surface area (Å²) in [4.78, 5) is 20.7. The van der Waals surface area contributed by atoms with Crippen LogP contribution < -0.4 is 0 Å². The quantitative estimate of drug-likeness (QED) is 0.133. The van der Waals surface area contributed by atoms with E-state index >= 15 is 0 Å². The number of benzene rings is 4. The smallest absolute Gasteiger partial charge is 0.200 e. The molecule has 53 heavy (non-hydrogen) atoms. The van der Waals surface area contributed by atoms with Crippen molar-refractivity contribution in [3.8, 4) is 0 Å². The molecule has 8 nitrogen and oxygen atoms in total. The molecule has 0 spiro atoms. The van der Waals surface area contributed by atoms with Gasteiger partial charge in [-0.2, -0.15) is 0 Å². The van der Waals surface area contributed by atoms with E-state index in [2.05, 4.69) is 98.8 Å². The van der Waals surface area contributed by atoms with Crippen molar-refractivity contribution in [1.82, 2.24) is 0 Å². The Hall–Kier alpha value is -5.24. The second-order valence-corrected chi connectivity index (χ2v) is 15.1. The Bertz CT molecular complexity index is 1900. The Balaban J connectivity index is 1.04. The highest BCUT2D eigenvalue weighted by atomic mass is 16.5. The summed E-state index contributed by atoms with van der Waals surface area (Å²) in [5.74, 6) is 2.76. The molecule has 272 valence electrons. The van der Waals surface area contributed by atoms with E-state index in [0.29, 0.717) is 62.9 Å². The summed E-state index contributed by atoms with van der Waals surface area (Å²) in [6.07, 6.45) is 3.77. The van der Waals surface area contributed by atoms with Crippen LogP contribution in [0.15, 0.2) is 141 Å². The molecule has 4 aliphatic rings. The van der Waals surface area contributed by atoms with Crippen molar-refractivity contribution in [2.75, 3.05) is 26.4 Å². The summed E-state index contributed by atoms with van der Waals surface area (Å²) in [7, 11) is 0. The molecule has 4 aliphatic heterocycles. The van der Waals surface area contributed by atoms with Gasteiger partial charge in [-0.25, -0.2) is 20.0 Å². The fraction of sp³-hybridized carbons (Fsp3) is 0.378. The minimum Gasteiger partial charge on any atom is -0.478 e. The van der Waals surface area contributed by atoms with Crippen LogP contribution in [0.25, 0.3) is 0 Å². The lowest BCUT2D eigenvalue weighted by Gasteiger charge is -2.28. The largest absolute Gasteiger partial charge is 0.478 e. The van der Waals surface area contributed by atoms with Gasteiger partial charge in [0.15, 0.2) is 23.6 Å². The van der Waals surface area contributed by atoms with Gasteiger partial charge in [-0.3, -0.25) is 0 Å². The maximum Gasteiger partial charge on any atom is 0.200 e. The summed E-state index contributed by atoms with van der Waals surface area (Å²) in [6, 6.07) is 41.7. The van der Waals surface area contributed by atoms with E-state index in [0.717, 1.165) is 24.8 Å². The maximum absolute atomic E-state index is 6.51. The average molecular weight is 709 g/mol. The van der Waals surface area contributed by atoms with Crippen LogP contribution in [0.3, 0.4) is 0 Å². The molecule has 4 aromatic rings. The number of nitrogens with zero attached hydrogens (tertiary/aromatic N) is 4. The summed E-state index contributed by atoms with van der Waals surface area (Å²) < 4.78 is 25.7. The first-order valence-corrected chi connectivity index (χ1v) is 19.0. The first kappa shape index (κ1) is 34.8. The van der Waals surface area contributed by atoms with Crippen molar-refractivity contribution in [1.29, 1.82) is 0 Å². The summed E-state index contributed by atoms with van der Waals surface area (Å²) in [5.41, 5.74) is 3.52. The highest BCUT2D eigenvalue weighted by Gasteiger charge is 2.48. The van der Waals surface area contributed by atoms with Crippen LogP contribution in [0, 0.1) is 10.8 Å². The van der Waals surface area contributed by atoms with Gasteiger partial charge in [0, 0.05) is 0 Å². The molecule has 0 aliphatic carbocycles. The number of hydrogen-bond donors (Lipinski definition) is 0. The Morgan fingerprint density at radius 2 is 0.887 bits per heavy atom. The van der Waals surface area contributed by atoms with E-state index in [-0.39, 0.29) is 24.2 Å². The topological polar surface area (TPSA) is 86.4 Å². The molecule has 0 radical (unpaired) electrons. The van der Waals surface area contributed by atoms with Gasteiger partial charge in [0.25, 0.3) is 0 Å². The first-order chi connectivity index (χ1) is 25.9. The van der Waals surface area contributed by atoms with E-state index in [1.165, 1.54) is 16.7 Å². The lowest BCUT2D eigenvalue weighted by atomic mass is 9.82. The Labute approximate surface area is 312 Å². The van der Waals surface area contributed by atoms with Gasteiger partial charge in [-0.05, 0) is 68.2 Å². The highest BCUT2D eigenvalue weighted by molar-refractivity contribution is 6.07. The lowest BCUT2D eigenvalue weighted by Crippen LogP contribution is -2.39. The molecular formula is C45H48N4O4. The average Bonchev–Trinajstić information content (AvgIpc) is 4.04. The molecule has 0 amide bonds. The second-order valence-electron chi connectivity index (χ2n) is 15.1. The number of aliphatic imine (C=N–C) groups is 4. The molecule has 8 heteroatoms. The van der Waals surface area contributed by atoms with Crippen molar-refractivity contribution >= 4 is 23.6 Å². The van der Waals surface area contributed by atoms with Gasteiger partial charge < -0.3 is 18.9 Å². The van der Waals surface area contributed by atoms with Crippen molar-refractivity contribution in [3.63, 3.8) is 0 Å². The van der Waals surface area contributed by atoms with Gasteiger partial charge in [-0.15, -0.1) is 0 Å². The van der Waals surface area contributed by atoms with Gasteiger partial charge in [-0.1, -0.05) is 121 Å². The predicted octanol–water partition coefficient (Wildman–Crippen LogP) is 8.07. The second kappa shape index (κ2) is 15.4. The van der Waals surface area contributed by atoms with E-state index in [1.807, 2.05) is 36.4 Å². The maximum atomic E-state index is 6.51.